The molecular weight excluding hydrogens is 180 g/mol. The zero-order valence-corrected chi connectivity index (χ0v) is 8.40. The Morgan fingerprint density at radius 1 is 1.54 bits per heavy atom. The highest BCUT2D eigenvalue weighted by Crippen LogP contribution is 2.44. The fourth-order valence-corrected chi connectivity index (χ4v) is 2.56. The van der Waals surface area contributed by atoms with Gasteiger partial charge in [-0.25, -0.2) is 0 Å². The summed E-state index contributed by atoms with van der Waals surface area (Å²) in [5.74, 6) is 3.86. The summed E-state index contributed by atoms with van der Waals surface area (Å²) < 4.78 is 0. The van der Waals surface area contributed by atoms with E-state index in [0.717, 1.165) is 0 Å². The maximum atomic E-state index is 8.62. The van der Waals surface area contributed by atoms with Crippen LogP contribution in [0.3, 0.4) is 0 Å². The van der Waals surface area contributed by atoms with Crippen molar-refractivity contribution in [3.8, 4) is 12.0 Å². The van der Waals surface area contributed by atoms with Crippen LogP contribution in [-0.2, 0) is 0 Å². The highest BCUT2D eigenvalue weighted by atomic mass is 32.1. The average molecular weight is 192 g/mol. The van der Waals surface area contributed by atoms with E-state index in [9.17, 15) is 0 Å². The number of hydrogen-bond donors (Lipinski definition) is 1. The van der Waals surface area contributed by atoms with Gasteiger partial charge in [-0.05, 0) is 37.8 Å². The molecule has 1 atom stereocenters. The zero-order chi connectivity index (χ0) is 9.26. The van der Waals surface area contributed by atoms with Crippen molar-refractivity contribution in [1.82, 2.24) is 0 Å². The van der Waals surface area contributed by atoms with Crippen LogP contribution in [0.15, 0.2) is 12.1 Å². The molecule has 1 heterocycles. The van der Waals surface area contributed by atoms with E-state index in [1.165, 1.54) is 22.6 Å². The predicted octanol–water partition coefficient (Wildman–Crippen LogP) is 2.88. The van der Waals surface area contributed by atoms with Gasteiger partial charge in [0, 0.05) is 9.75 Å². The number of thiophene rings is 1. The van der Waals surface area contributed by atoms with Crippen LogP contribution in [0.5, 0.6) is 0 Å². The lowest BCUT2D eigenvalue weighted by Crippen LogP contribution is -1.94. The van der Waals surface area contributed by atoms with E-state index in [-0.39, 0.29) is 5.92 Å². The van der Waals surface area contributed by atoms with Crippen LogP contribution in [0.4, 0.5) is 0 Å². The predicted molar refractivity (Wildman–Crippen MR) is 54.2 cm³/mol. The second-order valence-corrected chi connectivity index (χ2v) is 4.84. The van der Waals surface area contributed by atoms with Crippen LogP contribution in [0.1, 0.15) is 28.5 Å². The Kier molecular flexibility index (Phi) is 2.28. The van der Waals surface area contributed by atoms with Crippen LogP contribution in [0, 0.1) is 24.9 Å². The van der Waals surface area contributed by atoms with Gasteiger partial charge in [0.05, 0.1) is 5.92 Å². The lowest BCUT2D eigenvalue weighted by atomic mass is 10.0. The van der Waals surface area contributed by atoms with Gasteiger partial charge < -0.3 is 5.11 Å². The van der Waals surface area contributed by atoms with Crippen molar-refractivity contribution in [3.05, 3.63) is 21.9 Å². The molecule has 1 aliphatic rings. The second-order valence-electron chi connectivity index (χ2n) is 3.52. The van der Waals surface area contributed by atoms with Crippen molar-refractivity contribution >= 4 is 11.3 Å². The molecule has 0 aromatic carbocycles. The molecule has 1 aromatic heterocycles. The summed E-state index contributed by atoms with van der Waals surface area (Å²) in [6.45, 7) is 2.10. The molecule has 1 unspecified atom stereocenters. The lowest BCUT2D eigenvalue weighted by molar-refractivity contribution is 0.514. The first-order valence-electron chi connectivity index (χ1n) is 4.52. The summed E-state index contributed by atoms with van der Waals surface area (Å²) in [7, 11) is 0. The van der Waals surface area contributed by atoms with Gasteiger partial charge >= 0.3 is 0 Å². The molecule has 0 saturated heterocycles. The number of rotatable bonds is 2. The van der Waals surface area contributed by atoms with Crippen molar-refractivity contribution in [2.24, 2.45) is 5.92 Å². The average Bonchev–Trinajstić information content (AvgIpc) is 2.85. The van der Waals surface area contributed by atoms with Gasteiger partial charge in [-0.3, -0.25) is 0 Å². The lowest BCUT2D eigenvalue weighted by Gasteiger charge is -2.04. The summed E-state index contributed by atoms with van der Waals surface area (Å²) in [6, 6.07) is 4.25. The van der Waals surface area contributed by atoms with Crippen LogP contribution < -0.4 is 0 Å². The molecule has 1 aromatic rings. The summed E-state index contributed by atoms with van der Waals surface area (Å²) in [5, 5.41) is 8.62. The Morgan fingerprint density at radius 2 is 2.31 bits per heavy atom. The van der Waals surface area contributed by atoms with E-state index in [1.807, 2.05) is 0 Å². The van der Waals surface area contributed by atoms with Crippen molar-refractivity contribution in [2.45, 2.75) is 25.7 Å². The molecular formula is C11H12OS. The third-order valence-corrected chi connectivity index (χ3v) is 3.46. The Labute approximate surface area is 82.4 Å². The van der Waals surface area contributed by atoms with Gasteiger partial charge in [0.15, 0.2) is 0 Å². The Balaban J connectivity index is 2.22. The van der Waals surface area contributed by atoms with Crippen molar-refractivity contribution in [1.29, 1.82) is 0 Å². The van der Waals surface area contributed by atoms with Crippen LogP contribution in [0.2, 0.25) is 0 Å². The molecule has 2 heteroatoms. The molecule has 2 rings (SSSR count). The standard InChI is InChI=1S/C11H12OS/c1-8-2-5-11(13-8)10(6-7-12)9-3-4-9/h2,5,9-10,12H,3-4H2,1H3. The summed E-state index contributed by atoms with van der Waals surface area (Å²) in [5.41, 5.74) is 0. The van der Waals surface area contributed by atoms with E-state index < -0.39 is 0 Å². The molecule has 1 N–H and O–H groups in total. The van der Waals surface area contributed by atoms with E-state index in [4.69, 9.17) is 5.11 Å². The largest absolute Gasteiger partial charge is 0.462 e. The molecule has 1 saturated carbocycles. The summed E-state index contributed by atoms with van der Waals surface area (Å²) >= 11 is 1.79. The number of aryl methyl sites for hydroxylation is 1. The molecule has 0 aliphatic heterocycles. The van der Waals surface area contributed by atoms with E-state index >= 15 is 0 Å². The maximum Gasteiger partial charge on any atom is 0.108 e. The van der Waals surface area contributed by atoms with Gasteiger partial charge in [0.25, 0.3) is 0 Å². The first-order chi connectivity index (χ1) is 6.31. The molecule has 68 valence electrons. The third kappa shape index (κ3) is 1.87. The van der Waals surface area contributed by atoms with Crippen molar-refractivity contribution < 1.29 is 5.11 Å². The molecule has 0 radical (unpaired) electrons. The zero-order valence-electron chi connectivity index (χ0n) is 7.58. The first-order valence-corrected chi connectivity index (χ1v) is 5.34. The van der Waals surface area contributed by atoms with Crippen LogP contribution in [0.25, 0.3) is 0 Å². The fraction of sp³-hybridized carbons (Fsp3) is 0.455. The maximum absolute atomic E-state index is 8.62. The fourth-order valence-electron chi connectivity index (χ4n) is 1.54. The topological polar surface area (TPSA) is 20.2 Å². The molecule has 1 fully saturated rings. The Morgan fingerprint density at radius 3 is 2.77 bits per heavy atom. The summed E-state index contributed by atoms with van der Waals surface area (Å²) in [4.78, 5) is 2.63. The van der Waals surface area contributed by atoms with Crippen LogP contribution >= 0.6 is 11.3 Å². The SMILES string of the molecule is Cc1ccc(C(C#CO)C2CC2)s1. The monoisotopic (exact) mass is 192 g/mol. The minimum atomic E-state index is 0.281. The van der Waals surface area contributed by atoms with E-state index in [2.05, 4.69) is 31.1 Å². The van der Waals surface area contributed by atoms with Gasteiger partial charge in [-0.1, -0.05) is 5.92 Å². The molecule has 1 nitrogen and oxygen atoms in total. The molecule has 1 aliphatic carbocycles. The quantitative estimate of drug-likeness (QED) is 0.714. The van der Waals surface area contributed by atoms with Crippen molar-refractivity contribution in [2.75, 3.05) is 0 Å². The summed E-state index contributed by atoms with van der Waals surface area (Å²) in [6.07, 6.45) is 4.57. The Hall–Kier alpha value is -0.940. The van der Waals surface area contributed by atoms with Crippen LogP contribution in [-0.4, -0.2) is 5.11 Å². The number of hydrogen-bond acceptors (Lipinski definition) is 2. The first kappa shape index (κ1) is 8.65. The number of aliphatic hydroxyl groups is 1. The normalized spacial score (nSPS) is 17.6. The second kappa shape index (κ2) is 3.43. The van der Waals surface area contributed by atoms with Gasteiger partial charge in [-0.15, -0.1) is 11.3 Å². The van der Waals surface area contributed by atoms with E-state index in [1.54, 1.807) is 11.3 Å². The molecule has 0 spiro atoms. The minimum Gasteiger partial charge on any atom is -0.462 e. The molecule has 0 amide bonds. The number of aliphatic hydroxyl groups excluding tert-OH is 1. The van der Waals surface area contributed by atoms with Gasteiger partial charge in [-0.2, -0.15) is 0 Å². The Bertz CT molecular complexity index is 352. The smallest absolute Gasteiger partial charge is 0.108 e. The third-order valence-electron chi connectivity index (χ3n) is 2.38. The molecule has 13 heavy (non-hydrogen) atoms. The van der Waals surface area contributed by atoms with Gasteiger partial charge in [0.2, 0.25) is 0 Å². The minimum absolute atomic E-state index is 0.281. The van der Waals surface area contributed by atoms with E-state index in [0.29, 0.717) is 5.92 Å². The van der Waals surface area contributed by atoms with Crippen molar-refractivity contribution in [3.63, 3.8) is 0 Å². The van der Waals surface area contributed by atoms with Gasteiger partial charge in [0.1, 0.15) is 6.11 Å². The highest BCUT2D eigenvalue weighted by molar-refractivity contribution is 7.12. The highest BCUT2D eigenvalue weighted by Gasteiger charge is 2.32. The molecule has 0 bridgehead atoms.